The van der Waals surface area contributed by atoms with Crippen LogP contribution in [0.25, 0.3) is 22.2 Å². The van der Waals surface area contributed by atoms with E-state index in [9.17, 15) is 14.4 Å². The number of carbonyl (C=O) groups is 3. The van der Waals surface area contributed by atoms with Gasteiger partial charge in [0.15, 0.2) is 0 Å². The Balaban J connectivity index is 1.28. The summed E-state index contributed by atoms with van der Waals surface area (Å²) in [6, 6.07) is 20.8. The van der Waals surface area contributed by atoms with Crippen molar-refractivity contribution in [3.63, 3.8) is 0 Å². The van der Waals surface area contributed by atoms with E-state index in [4.69, 9.17) is 14.5 Å². The lowest BCUT2D eigenvalue weighted by Crippen LogP contribution is -2.48. The molecule has 0 atom stereocenters. The van der Waals surface area contributed by atoms with E-state index in [0.29, 0.717) is 30.8 Å². The average Bonchev–Trinajstić information content (AvgIpc) is 3.45. The molecule has 45 heavy (non-hydrogen) atoms. The first kappa shape index (κ1) is 30.4. The second-order valence-electron chi connectivity index (χ2n) is 13.0. The zero-order valence-electron chi connectivity index (χ0n) is 26.4. The van der Waals surface area contributed by atoms with Gasteiger partial charge in [-0.3, -0.25) is 4.79 Å². The standard InChI is InChI=1S/C36H40N4O5/c1-5-11-31-37-28-19-18-26(40-32(41)36(38-33(40)42)20-9-6-10-21-36)22-29(28)39(31)23-24-14-16-25(17-15-24)27-12-7-8-13-30(27)44-34(43)45-35(2,3)4/h7-8,12-19,22H,5-6,9-11,20-21,23H2,1-4H3,(H,38,42). The molecule has 0 bridgehead atoms. The maximum absolute atomic E-state index is 13.6. The fraction of sp³-hybridized carbons (Fsp3) is 0.389. The Morgan fingerprint density at radius 3 is 2.42 bits per heavy atom. The fourth-order valence-corrected chi connectivity index (χ4v) is 6.37. The molecule has 2 heterocycles. The molecule has 1 spiro atoms. The van der Waals surface area contributed by atoms with Crippen LogP contribution in [0, 0.1) is 0 Å². The molecule has 0 radical (unpaired) electrons. The minimum absolute atomic E-state index is 0.155. The van der Waals surface area contributed by atoms with Crippen molar-refractivity contribution in [2.75, 3.05) is 4.90 Å². The summed E-state index contributed by atoms with van der Waals surface area (Å²) >= 11 is 0. The minimum atomic E-state index is -0.782. The quantitative estimate of drug-likeness (QED) is 0.131. The summed E-state index contributed by atoms with van der Waals surface area (Å²) in [6.45, 7) is 8.08. The molecular formula is C36H40N4O5. The van der Waals surface area contributed by atoms with Gasteiger partial charge in [0.05, 0.1) is 16.7 Å². The lowest BCUT2D eigenvalue weighted by Gasteiger charge is -2.30. The molecule has 6 rings (SSSR count). The van der Waals surface area contributed by atoms with Crippen molar-refractivity contribution in [3.05, 3.63) is 78.1 Å². The molecular weight excluding hydrogens is 568 g/mol. The summed E-state index contributed by atoms with van der Waals surface area (Å²) < 4.78 is 13.1. The Morgan fingerprint density at radius 2 is 1.71 bits per heavy atom. The molecule has 1 saturated heterocycles. The highest BCUT2D eigenvalue weighted by Gasteiger charge is 2.51. The van der Waals surface area contributed by atoms with Gasteiger partial charge in [-0.25, -0.2) is 19.5 Å². The van der Waals surface area contributed by atoms with Crippen molar-refractivity contribution in [2.24, 2.45) is 0 Å². The number of anilines is 1. The number of ether oxygens (including phenoxy) is 2. The average molecular weight is 609 g/mol. The van der Waals surface area contributed by atoms with Crippen molar-refractivity contribution in [3.8, 4) is 16.9 Å². The monoisotopic (exact) mass is 608 g/mol. The number of aromatic nitrogens is 2. The summed E-state index contributed by atoms with van der Waals surface area (Å²) in [6.07, 6.45) is 5.31. The maximum Gasteiger partial charge on any atom is 0.514 e. The third-order valence-electron chi connectivity index (χ3n) is 8.49. The van der Waals surface area contributed by atoms with Gasteiger partial charge in [-0.2, -0.15) is 0 Å². The highest BCUT2D eigenvalue weighted by Crippen LogP contribution is 2.37. The van der Waals surface area contributed by atoms with Gasteiger partial charge in [0.25, 0.3) is 5.91 Å². The first-order chi connectivity index (χ1) is 21.6. The third kappa shape index (κ3) is 6.16. The molecule has 1 aliphatic carbocycles. The largest absolute Gasteiger partial charge is 0.514 e. The van der Waals surface area contributed by atoms with Crippen LogP contribution in [0.1, 0.15) is 77.6 Å². The number of nitrogens with one attached hydrogen (secondary N) is 1. The number of hydrogen-bond donors (Lipinski definition) is 1. The predicted molar refractivity (Wildman–Crippen MR) is 173 cm³/mol. The molecule has 1 aliphatic heterocycles. The van der Waals surface area contributed by atoms with E-state index < -0.39 is 17.3 Å². The van der Waals surface area contributed by atoms with Crippen LogP contribution in [0.2, 0.25) is 0 Å². The molecule has 3 aromatic carbocycles. The topological polar surface area (TPSA) is 103 Å². The van der Waals surface area contributed by atoms with Crippen LogP contribution >= 0.6 is 0 Å². The highest BCUT2D eigenvalue weighted by molar-refractivity contribution is 6.23. The predicted octanol–water partition coefficient (Wildman–Crippen LogP) is 7.78. The van der Waals surface area contributed by atoms with Crippen LogP contribution < -0.4 is 15.0 Å². The van der Waals surface area contributed by atoms with E-state index in [1.807, 2.05) is 48.5 Å². The van der Waals surface area contributed by atoms with Crippen LogP contribution in [0.5, 0.6) is 5.75 Å². The van der Waals surface area contributed by atoms with Crippen LogP contribution in [0.4, 0.5) is 15.3 Å². The molecule has 1 N–H and O–H groups in total. The Kier molecular flexibility index (Phi) is 8.12. The highest BCUT2D eigenvalue weighted by atomic mass is 16.7. The summed E-state index contributed by atoms with van der Waals surface area (Å²) in [4.78, 5) is 45.3. The first-order valence-corrected chi connectivity index (χ1v) is 15.8. The molecule has 9 nitrogen and oxygen atoms in total. The van der Waals surface area contributed by atoms with Crippen molar-refractivity contribution in [1.29, 1.82) is 0 Å². The molecule has 4 aromatic rings. The molecule has 2 fully saturated rings. The number of aryl methyl sites for hydroxylation is 1. The Bertz CT molecular complexity index is 1750. The lowest BCUT2D eigenvalue weighted by molar-refractivity contribution is -0.123. The zero-order chi connectivity index (χ0) is 31.8. The van der Waals surface area contributed by atoms with E-state index >= 15 is 0 Å². The molecule has 1 aromatic heterocycles. The normalized spacial score (nSPS) is 16.3. The Morgan fingerprint density at radius 1 is 0.978 bits per heavy atom. The Labute approximate surface area is 263 Å². The molecule has 234 valence electrons. The molecule has 3 amide bonds. The number of imide groups is 1. The molecule has 2 aliphatic rings. The second kappa shape index (κ2) is 12.0. The zero-order valence-corrected chi connectivity index (χ0v) is 26.4. The van der Waals surface area contributed by atoms with E-state index in [0.717, 1.165) is 65.7 Å². The van der Waals surface area contributed by atoms with Gasteiger partial charge in [-0.05, 0) is 75.4 Å². The van der Waals surface area contributed by atoms with Crippen molar-refractivity contribution in [2.45, 2.75) is 90.3 Å². The van der Waals surface area contributed by atoms with Gasteiger partial charge < -0.3 is 19.4 Å². The van der Waals surface area contributed by atoms with Crippen LogP contribution in [0.3, 0.4) is 0 Å². The molecule has 1 saturated carbocycles. The van der Waals surface area contributed by atoms with Gasteiger partial charge >= 0.3 is 12.2 Å². The lowest BCUT2D eigenvalue weighted by atomic mass is 9.82. The number of amides is 3. The number of nitrogens with zero attached hydrogens (tertiary/aromatic N) is 3. The SMILES string of the molecule is CCCc1nc2ccc(N3C(=O)NC4(CCCCC4)C3=O)cc2n1Cc1ccc(-c2ccccc2OC(=O)OC(C)(C)C)cc1. The van der Waals surface area contributed by atoms with E-state index in [-0.39, 0.29) is 11.9 Å². The van der Waals surface area contributed by atoms with Crippen LogP contribution in [-0.4, -0.2) is 38.8 Å². The second-order valence-corrected chi connectivity index (χ2v) is 13.0. The van der Waals surface area contributed by atoms with E-state index in [1.165, 1.54) is 4.90 Å². The maximum atomic E-state index is 13.6. The first-order valence-electron chi connectivity index (χ1n) is 15.8. The number of rotatable bonds is 7. The number of para-hydroxylation sites is 1. The summed E-state index contributed by atoms with van der Waals surface area (Å²) in [5.41, 5.74) is 3.57. The number of urea groups is 1. The Hall–Kier alpha value is -4.66. The summed E-state index contributed by atoms with van der Waals surface area (Å²) in [5.74, 6) is 1.22. The van der Waals surface area contributed by atoms with Crippen LogP contribution in [0.15, 0.2) is 66.7 Å². The number of benzene rings is 3. The molecule has 9 heteroatoms. The summed E-state index contributed by atoms with van der Waals surface area (Å²) in [5, 5.41) is 3.02. The van der Waals surface area contributed by atoms with Crippen LogP contribution in [-0.2, 0) is 22.5 Å². The van der Waals surface area contributed by atoms with Crippen molar-refractivity contribution < 1.29 is 23.9 Å². The fourth-order valence-electron chi connectivity index (χ4n) is 6.37. The van der Waals surface area contributed by atoms with Crippen molar-refractivity contribution >= 4 is 34.8 Å². The van der Waals surface area contributed by atoms with Gasteiger partial charge in [-0.15, -0.1) is 0 Å². The minimum Gasteiger partial charge on any atom is -0.428 e. The third-order valence-corrected chi connectivity index (χ3v) is 8.49. The number of hydrogen-bond acceptors (Lipinski definition) is 6. The number of fused-ring (bicyclic) bond motifs is 1. The van der Waals surface area contributed by atoms with E-state index in [1.54, 1.807) is 26.8 Å². The van der Waals surface area contributed by atoms with Gasteiger partial charge in [0.2, 0.25) is 0 Å². The van der Waals surface area contributed by atoms with Crippen molar-refractivity contribution in [1.82, 2.24) is 14.9 Å². The number of imidazole rings is 1. The van der Waals surface area contributed by atoms with Gasteiger partial charge in [0, 0.05) is 18.5 Å². The summed E-state index contributed by atoms with van der Waals surface area (Å²) in [7, 11) is 0. The van der Waals surface area contributed by atoms with Gasteiger partial charge in [-0.1, -0.05) is 68.7 Å². The smallest absolute Gasteiger partial charge is 0.428 e. The molecule has 0 unspecified atom stereocenters. The van der Waals surface area contributed by atoms with Gasteiger partial charge in [0.1, 0.15) is 22.7 Å². The number of carbonyl (C=O) groups excluding carboxylic acids is 3. The van der Waals surface area contributed by atoms with E-state index in [2.05, 4.69) is 28.9 Å².